The van der Waals surface area contributed by atoms with Gasteiger partial charge in [-0.1, -0.05) is 12.1 Å². The number of aldehydes is 1. The maximum absolute atomic E-state index is 11.2. The standard InChI is InChI=1S/C14H13NO2/c1-17-13-4-2-11(3-5-13)14(10-16)12-6-8-15-9-7-12/h2-10,14H,1H3. The van der Waals surface area contributed by atoms with E-state index in [1.807, 2.05) is 36.4 Å². The topological polar surface area (TPSA) is 39.2 Å². The molecule has 0 saturated carbocycles. The minimum atomic E-state index is -0.246. The van der Waals surface area contributed by atoms with Crippen molar-refractivity contribution in [3.05, 3.63) is 59.9 Å². The van der Waals surface area contributed by atoms with Gasteiger partial charge in [0.2, 0.25) is 0 Å². The quantitative estimate of drug-likeness (QED) is 0.753. The summed E-state index contributed by atoms with van der Waals surface area (Å²) in [6, 6.07) is 11.2. The van der Waals surface area contributed by atoms with E-state index in [4.69, 9.17) is 4.74 Å². The summed E-state index contributed by atoms with van der Waals surface area (Å²) in [6.07, 6.45) is 4.32. The molecule has 0 saturated heterocycles. The van der Waals surface area contributed by atoms with Gasteiger partial charge in [-0.15, -0.1) is 0 Å². The summed E-state index contributed by atoms with van der Waals surface area (Å²) in [5.41, 5.74) is 1.90. The molecule has 2 aromatic rings. The molecule has 1 atom stereocenters. The first-order chi connectivity index (χ1) is 8.35. The lowest BCUT2D eigenvalue weighted by molar-refractivity contribution is -0.108. The van der Waals surface area contributed by atoms with Crippen molar-refractivity contribution >= 4 is 6.29 Å². The molecule has 0 N–H and O–H groups in total. The number of methoxy groups -OCH3 is 1. The maximum atomic E-state index is 11.2. The zero-order valence-corrected chi connectivity index (χ0v) is 9.54. The van der Waals surface area contributed by atoms with Crippen LogP contribution in [0.5, 0.6) is 5.75 Å². The summed E-state index contributed by atoms with van der Waals surface area (Å²) in [6.45, 7) is 0. The maximum Gasteiger partial charge on any atom is 0.131 e. The van der Waals surface area contributed by atoms with Crippen molar-refractivity contribution in [2.75, 3.05) is 7.11 Å². The Balaban J connectivity index is 2.32. The van der Waals surface area contributed by atoms with Crippen LogP contribution in [0.3, 0.4) is 0 Å². The number of aromatic nitrogens is 1. The van der Waals surface area contributed by atoms with Gasteiger partial charge in [-0.3, -0.25) is 4.98 Å². The van der Waals surface area contributed by atoms with Gasteiger partial charge in [-0.25, -0.2) is 0 Å². The second kappa shape index (κ2) is 5.25. The Morgan fingerprint density at radius 2 is 1.65 bits per heavy atom. The number of rotatable bonds is 4. The van der Waals surface area contributed by atoms with E-state index >= 15 is 0 Å². The number of nitrogens with zero attached hydrogens (tertiary/aromatic N) is 1. The van der Waals surface area contributed by atoms with Crippen LogP contribution < -0.4 is 4.74 Å². The van der Waals surface area contributed by atoms with Crippen molar-refractivity contribution in [1.29, 1.82) is 0 Å². The third-order valence-electron chi connectivity index (χ3n) is 2.68. The van der Waals surface area contributed by atoms with Crippen LogP contribution in [-0.2, 0) is 4.79 Å². The highest BCUT2D eigenvalue weighted by Crippen LogP contribution is 2.23. The Labute approximate surface area is 100 Å². The SMILES string of the molecule is COc1ccc(C(C=O)c2ccncc2)cc1. The molecule has 86 valence electrons. The monoisotopic (exact) mass is 227 g/mol. The Kier molecular flexibility index (Phi) is 3.50. The van der Waals surface area contributed by atoms with E-state index in [2.05, 4.69) is 4.98 Å². The van der Waals surface area contributed by atoms with E-state index in [-0.39, 0.29) is 5.92 Å². The summed E-state index contributed by atoms with van der Waals surface area (Å²) in [7, 11) is 1.62. The number of benzene rings is 1. The third-order valence-corrected chi connectivity index (χ3v) is 2.68. The largest absolute Gasteiger partial charge is 0.497 e. The molecule has 1 unspecified atom stereocenters. The molecule has 0 radical (unpaired) electrons. The van der Waals surface area contributed by atoms with Crippen molar-refractivity contribution in [1.82, 2.24) is 4.98 Å². The van der Waals surface area contributed by atoms with Crippen LogP contribution in [0.15, 0.2) is 48.8 Å². The van der Waals surface area contributed by atoms with Gasteiger partial charge in [0.05, 0.1) is 13.0 Å². The molecule has 17 heavy (non-hydrogen) atoms. The van der Waals surface area contributed by atoms with Crippen LogP contribution >= 0.6 is 0 Å². The van der Waals surface area contributed by atoms with Crippen LogP contribution in [0.1, 0.15) is 17.0 Å². The predicted molar refractivity (Wildman–Crippen MR) is 65.1 cm³/mol. The van der Waals surface area contributed by atoms with Gasteiger partial charge >= 0.3 is 0 Å². The van der Waals surface area contributed by atoms with Gasteiger partial charge in [-0.2, -0.15) is 0 Å². The zero-order valence-electron chi connectivity index (χ0n) is 9.54. The Morgan fingerprint density at radius 3 is 2.18 bits per heavy atom. The lowest BCUT2D eigenvalue weighted by Crippen LogP contribution is -2.02. The van der Waals surface area contributed by atoms with Crippen LogP contribution in [0.4, 0.5) is 0 Å². The predicted octanol–water partition coefficient (Wildman–Crippen LogP) is 2.42. The first-order valence-electron chi connectivity index (χ1n) is 5.34. The Hall–Kier alpha value is -2.16. The highest BCUT2D eigenvalue weighted by Gasteiger charge is 2.12. The molecule has 2 rings (SSSR count). The fourth-order valence-electron chi connectivity index (χ4n) is 1.73. The molecule has 1 aromatic heterocycles. The first kappa shape index (κ1) is 11.3. The molecule has 0 amide bonds. The van der Waals surface area contributed by atoms with Crippen molar-refractivity contribution in [3.8, 4) is 5.75 Å². The van der Waals surface area contributed by atoms with Gasteiger partial charge < -0.3 is 9.53 Å². The van der Waals surface area contributed by atoms with E-state index in [9.17, 15) is 4.79 Å². The number of pyridine rings is 1. The summed E-state index contributed by atoms with van der Waals surface area (Å²) in [5.74, 6) is 0.539. The van der Waals surface area contributed by atoms with Crippen LogP contribution in [-0.4, -0.2) is 18.4 Å². The van der Waals surface area contributed by atoms with Crippen molar-refractivity contribution in [3.63, 3.8) is 0 Å². The molecule has 3 heteroatoms. The van der Waals surface area contributed by atoms with Crippen LogP contribution in [0, 0.1) is 0 Å². The molecular formula is C14H13NO2. The number of carbonyl (C=O) groups excluding carboxylic acids is 1. The van der Waals surface area contributed by atoms with Crippen molar-refractivity contribution in [2.45, 2.75) is 5.92 Å². The second-order valence-corrected chi connectivity index (χ2v) is 3.67. The molecular weight excluding hydrogens is 214 g/mol. The molecule has 3 nitrogen and oxygen atoms in total. The normalized spacial score (nSPS) is 11.8. The van der Waals surface area contributed by atoms with Crippen molar-refractivity contribution in [2.24, 2.45) is 0 Å². The summed E-state index contributed by atoms with van der Waals surface area (Å²) in [5, 5.41) is 0. The molecule has 1 heterocycles. The van der Waals surface area contributed by atoms with E-state index in [1.165, 1.54) is 0 Å². The number of hydrogen-bond acceptors (Lipinski definition) is 3. The van der Waals surface area contributed by atoms with Gasteiger partial charge in [0.25, 0.3) is 0 Å². The molecule has 0 fully saturated rings. The van der Waals surface area contributed by atoms with Gasteiger partial charge in [0, 0.05) is 12.4 Å². The highest BCUT2D eigenvalue weighted by molar-refractivity contribution is 5.68. The Bertz CT molecular complexity index is 479. The molecule has 0 aliphatic heterocycles. The molecule has 0 aliphatic rings. The van der Waals surface area contributed by atoms with Crippen LogP contribution in [0.25, 0.3) is 0 Å². The average Bonchev–Trinajstić information content (AvgIpc) is 2.42. The van der Waals surface area contributed by atoms with E-state index in [1.54, 1.807) is 19.5 Å². The number of hydrogen-bond donors (Lipinski definition) is 0. The minimum absolute atomic E-state index is 0.246. The fraction of sp³-hybridized carbons (Fsp3) is 0.143. The van der Waals surface area contributed by atoms with Gasteiger partial charge in [0.15, 0.2) is 0 Å². The zero-order chi connectivity index (χ0) is 12.1. The summed E-state index contributed by atoms with van der Waals surface area (Å²) in [4.78, 5) is 15.2. The summed E-state index contributed by atoms with van der Waals surface area (Å²) < 4.78 is 5.09. The Morgan fingerprint density at radius 1 is 1.06 bits per heavy atom. The average molecular weight is 227 g/mol. The molecule has 0 spiro atoms. The smallest absolute Gasteiger partial charge is 0.131 e. The van der Waals surface area contributed by atoms with E-state index in [0.29, 0.717) is 0 Å². The number of carbonyl (C=O) groups is 1. The van der Waals surface area contributed by atoms with Gasteiger partial charge in [-0.05, 0) is 35.4 Å². The second-order valence-electron chi connectivity index (χ2n) is 3.67. The van der Waals surface area contributed by atoms with Crippen molar-refractivity contribution < 1.29 is 9.53 Å². The van der Waals surface area contributed by atoms with E-state index < -0.39 is 0 Å². The third kappa shape index (κ3) is 2.50. The lowest BCUT2D eigenvalue weighted by atomic mass is 9.93. The number of ether oxygens (including phenoxy) is 1. The highest BCUT2D eigenvalue weighted by atomic mass is 16.5. The molecule has 0 aliphatic carbocycles. The lowest BCUT2D eigenvalue weighted by Gasteiger charge is -2.11. The molecule has 0 bridgehead atoms. The minimum Gasteiger partial charge on any atom is -0.497 e. The van der Waals surface area contributed by atoms with E-state index in [0.717, 1.165) is 23.2 Å². The fourth-order valence-corrected chi connectivity index (χ4v) is 1.73. The van der Waals surface area contributed by atoms with Crippen LogP contribution in [0.2, 0.25) is 0 Å². The molecule has 1 aromatic carbocycles. The van der Waals surface area contributed by atoms with Gasteiger partial charge in [0.1, 0.15) is 12.0 Å². The first-order valence-corrected chi connectivity index (χ1v) is 5.34. The summed E-state index contributed by atoms with van der Waals surface area (Å²) >= 11 is 0.